The Kier molecular flexibility index (Phi) is 2.71. The average molecular weight is 258 g/mol. The monoisotopic (exact) mass is 258 g/mol. The molecule has 3 saturated carbocycles. The van der Waals surface area contributed by atoms with Crippen molar-refractivity contribution in [2.24, 2.45) is 34.5 Å². The number of fused-ring (bicyclic) bond motifs is 5. The number of allylic oxidation sites excluding steroid dienone is 2. The van der Waals surface area contributed by atoms with Gasteiger partial charge in [-0.3, -0.25) is 0 Å². The van der Waals surface area contributed by atoms with Crippen LogP contribution in [0.2, 0.25) is 0 Å². The zero-order valence-corrected chi connectivity index (χ0v) is 12.8. The zero-order valence-electron chi connectivity index (χ0n) is 12.8. The maximum Gasteiger partial charge on any atom is -0.0229 e. The Morgan fingerprint density at radius 2 is 1.79 bits per heavy atom. The lowest BCUT2D eigenvalue weighted by Crippen LogP contribution is -2.51. The smallest absolute Gasteiger partial charge is 0.0229 e. The Balaban J connectivity index is 1.67. The van der Waals surface area contributed by atoms with Gasteiger partial charge in [0.05, 0.1) is 0 Å². The van der Waals surface area contributed by atoms with E-state index >= 15 is 0 Å². The lowest BCUT2D eigenvalue weighted by Gasteiger charge is -2.59. The molecule has 0 aromatic rings. The molecule has 4 rings (SSSR count). The van der Waals surface area contributed by atoms with E-state index in [2.05, 4.69) is 26.0 Å². The molecule has 0 bridgehead atoms. The molecular formula is C19H30. The Labute approximate surface area is 119 Å². The molecule has 0 heteroatoms. The summed E-state index contributed by atoms with van der Waals surface area (Å²) in [6.07, 6.45) is 18.5. The molecule has 106 valence electrons. The lowest BCUT2D eigenvalue weighted by atomic mass is 9.46. The van der Waals surface area contributed by atoms with Crippen LogP contribution in [0.25, 0.3) is 0 Å². The predicted molar refractivity (Wildman–Crippen MR) is 80.9 cm³/mol. The van der Waals surface area contributed by atoms with Gasteiger partial charge in [-0.1, -0.05) is 32.4 Å². The average Bonchev–Trinajstić information content (AvgIpc) is 2.79. The highest BCUT2D eigenvalue weighted by molar-refractivity contribution is 5.10. The van der Waals surface area contributed by atoms with Crippen LogP contribution in [0.1, 0.15) is 71.6 Å². The maximum atomic E-state index is 2.65. The zero-order chi connectivity index (χ0) is 13.1. The molecule has 0 aliphatic heterocycles. The van der Waals surface area contributed by atoms with Crippen molar-refractivity contribution in [2.45, 2.75) is 71.6 Å². The minimum Gasteiger partial charge on any atom is -0.0882 e. The molecule has 0 N–H and O–H groups in total. The molecular weight excluding hydrogens is 228 g/mol. The minimum atomic E-state index is 0.654. The van der Waals surface area contributed by atoms with Gasteiger partial charge in [0.25, 0.3) is 0 Å². The summed E-state index contributed by atoms with van der Waals surface area (Å²) in [6.45, 7) is 5.27. The Morgan fingerprint density at radius 1 is 0.895 bits per heavy atom. The Morgan fingerprint density at radius 3 is 2.68 bits per heavy atom. The third-order valence-corrected chi connectivity index (χ3v) is 7.99. The first-order valence-electron chi connectivity index (χ1n) is 8.78. The van der Waals surface area contributed by atoms with Crippen LogP contribution in [0.5, 0.6) is 0 Å². The molecule has 0 aromatic heterocycles. The Hall–Kier alpha value is -0.260. The van der Waals surface area contributed by atoms with Gasteiger partial charge in [0, 0.05) is 0 Å². The second-order valence-electron chi connectivity index (χ2n) is 8.65. The molecule has 4 aliphatic rings. The Bertz CT molecular complexity index is 395. The molecule has 0 amide bonds. The minimum absolute atomic E-state index is 0.654. The standard InChI is InChI=1S/C19H30/c1-18-11-5-7-16(18)15-9-8-14-6-3-4-12-19(14,2)17(15)10-13-18/h3-4,14-17H,5-13H2,1-2H3/t14?,15?,16?,17?,18-,19-/m0/s1. The topological polar surface area (TPSA) is 0 Å². The molecule has 3 fully saturated rings. The number of hydrogen-bond acceptors (Lipinski definition) is 0. The summed E-state index contributed by atoms with van der Waals surface area (Å²) < 4.78 is 0. The van der Waals surface area contributed by atoms with E-state index in [-0.39, 0.29) is 0 Å². The summed E-state index contributed by atoms with van der Waals surface area (Å²) in [5.74, 6) is 4.21. The highest BCUT2D eigenvalue weighted by Crippen LogP contribution is 2.65. The van der Waals surface area contributed by atoms with Gasteiger partial charge in [-0.25, -0.2) is 0 Å². The van der Waals surface area contributed by atoms with Crippen molar-refractivity contribution >= 4 is 0 Å². The molecule has 0 radical (unpaired) electrons. The molecule has 0 nitrogen and oxygen atoms in total. The fourth-order valence-corrected chi connectivity index (χ4v) is 6.83. The van der Waals surface area contributed by atoms with Gasteiger partial charge in [-0.2, -0.15) is 0 Å². The van der Waals surface area contributed by atoms with Gasteiger partial charge in [-0.05, 0) is 85.9 Å². The summed E-state index contributed by atoms with van der Waals surface area (Å²) in [4.78, 5) is 0. The first kappa shape index (κ1) is 12.5. The molecule has 0 saturated heterocycles. The lowest BCUT2D eigenvalue weighted by molar-refractivity contribution is -0.0870. The van der Waals surface area contributed by atoms with E-state index in [1.807, 2.05) is 0 Å². The SMILES string of the molecule is C[C@@]12CCCC1C1CCC3CC=CC[C@]3(C)C1CC2. The second-order valence-corrected chi connectivity index (χ2v) is 8.65. The highest BCUT2D eigenvalue weighted by Gasteiger charge is 2.56. The van der Waals surface area contributed by atoms with E-state index < -0.39 is 0 Å². The van der Waals surface area contributed by atoms with Gasteiger partial charge < -0.3 is 0 Å². The summed E-state index contributed by atoms with van der Waals surface area (Å²) in [5, 5.41) is 0. The molecule has 4 unspecified atom stereocenters. The molecule has 6 atom stereocenters. The molecule has 0 heterocycles. The fraction of sp³-hybridized carbons (Fsp3) is 0.895. The van der Waals surface area contributed by atoms with Crippen molar-refractivity contribution in [3.63, 3.8) is 0 Å². The predicted octanol–water partition coefficient (Wildman–Crippen LogP) is 5.59. The van der Waals surface area contributed by atoms with Crippen LogP contribution in [0.15, 0.2) is 12.2 Å². The van der Waals surface area contributed by atoms with Gasteiger partial charge in [-0.15, -0.1) is 0 Å². The summed E-state index contributed by atoms with van der Waals surface area (Å²) in [5.41, 5.74) is 1.39. The van der Waals surface area contributed by atoms with Crippen molar-refractivity contribution in [1.82, 2.24) is 0 Å². The summed E-state index contributed by atoms with van der Waals surface area (Å²) in [7, 11) is 0. The van der Waals surface area contributed by atoms with Gasteiger partial charge in [0.1, 0.15) is 0 Å². The van der Waals surface area contributed by atoms with Gasteiger partial charge >= 0.3 is 0 Å². The van der Waals surface area contributed by atoms with Gasteiger partial charge in [0.15, 0.2) is 0 Å². The van der Waals surface area contributed by atoms with Crippen molar-refractivity contribution in [3.8, 4) is 0 Å². The second kappa shape index (κ2) is 4.12. The fourth-order valence-electron chi connectivity index (χ4n) is 6.83. The van der Waals surface area contributed by atoms with Crippen LogP contribution in [0.4, 0.5) is 0 Å². The largest absolute Gasteiger partial charge is 0.0882 e. The first-order valence-corrected chi connectivity index (χ1v) is 8.78. The van der Waals surface area contributed by atoms with Gasteiger partial charge in [0.2, 0.25) is 0 Å². The molecule has 0 spiro atoms. The van der Waals surface area contributed by atoms with E-state index in [9.17, 15) is 0 Å². The van der Waals surface area contributed by atoms with Crippen molar-refractivity contribution in [1.29, 1.82) is 0 Å². The highest BCUT2D eigenvalue weighted by atomic mass is 14.6. The summed E-state index contributed by atoms with van der Waals surface area (Å²) >= 11 is 0. The maximum absolute atomic E-state index is 2.65. The van der Waals surface area contributed by atoms with Crippen molar-refractivity contribution in [2.75, 3.05) is 0 Å². The first-order chi connectivity index (χ1) is 9.13. The normalized spacial score (nSPS) is 56.3. The van der Waals surface area contributed by atoms with E-state index in [0.717, 1.165) is 29.1 Å². The van der Waals surface area contributed by atoms with Crippen LogP contribution in [-0.4, -0.2) is 0 Å². The van der Waals surface area contributed by atoms with E-state index in [0.29, 0.717) is 5.41 Å². The van der Waals surface area contributed by atoms with E-state index in [1.54, 1.807) is 19.3 Å². The van der Waals surface area contributed by atoms with E-state index in [1.165, 1.54) is 38.5 Å². The third kappa shape index (κ3) is 1.64. The molecule has 19 heavy (non-hydrogen) atoms. The van der Waals surface area contributed by atoms with Crippen LogP contribution < -0.4 is 0 Å². The number of rotatable bonds is 0. The van der Waals surface area contributed by atoms with Crippen LogP contribution >= 0.6 is 0 Å². The molecule has 4 aliphatic carbocycles. The molecule has 0 aromatic carbocycles. The summed E-state index contributed by atoms with van der Waals surface area (Å²) in [6, 6.07) is 0. The number of hydrogen-bond donors (Lipinski definition) is 0. The van der Waals surface area contributed by atoms with Crippen molar-refractivity contribution < 1.29 is 0 Å². The van der Waals surface area contributed by atoms with Crippen LogP contribution in [0.3, 0.4) is 0 Å². The quantitative estimate of drug-likeness (QED) is 0.497. The van der Waals surface area contributed by atoms with E-state index in [4.69, 9.17) is 0 Å². The van der Waals surface area contributed by atoms with Crippen molar-refractivity contribution in [3.05, 3.63) is 12.2 Å². The van der Waals surface area contributed by atoms with Crippen LogP contribution in [-0.2, 0) is 0 Å². The van der Waals surface area contributed by atoms with Crippen LogP contribution in [0, 0.1) is 34.5 Å². The third-order valence-electron chi connectivity index (χ3n) is 7.99.